The van der Waals surface area contributed by atoms with E-state index in [-0.39, 0.29) is 5.91 Å². The van der Waals surface area contributed by atoms with Gasteiger partial charge in [-0.3, -0.25) is 4.79 Å². The molecule has 0 atom stereocenters. The van der Waals surface area contributed by atoms with E-state index in [4.69, 9.17) is 0 Å². The van der Waals surface area contributed by atoms with Gasteiger partial charge in [-0.15, -0.1) is 0 Å². The van der Waals surface area contributed by atoms with Gasteiger partial charge in [0.1, 0.15) is 0 Å². The summed E-state index contributed by atoms with van der Waals surface area (Å²) in [6.45, 7) is 0.613. The molecule has 41 valence electrons. The Hall–Kier alpha value is -1.05. The number of carbonyl (C=O) groups excluding carboxylic acids is 1. The summed E-state index contributed by atoms with van der Waals surface area (Å²) in [4.78, 5) is 10.4. The molecule has 0 aromatic carbocycles. The molecular formula is C6H6NO. The average Bonchev–Trinajstić information content (AvgIpc) is 1.94. The maximum Gasteiger partial charge on any atom is 0.252 e. The lowest BCUT2D eigenvalue weighted by atomic mass is 10.5. The molecule has 1 N–H and O–H groups in total. The van der Waals surface area contributed by atoms with Crippen LogP contribution >= 0.6 is 0 Å². The second-order valence-electron chi connectivity index (χ2n) is 1.45. The van der Waals surface area contributed by atoms with Crippen molar-refractivity contribution >= 4 is 5.91 Å². The molecule has 0 saturated carbocycles. The van der Waals surface area contributed by atoms with Crippen molar-refractivity contribution in [3.8, 4) is 0 Å². The first kappa shape index (κ1) is 5.09. The quantitative estimate of drug-likeness (QED) is 0.466. The van der Waals surface area contributed by atoms with Gasteiger partial charge in [-0.1, -0.05) is 12.2 Å². The molecule has 1 heterocycles. The van der Waals surface area contributed by atoms with Crippen LogP contribution in [0.1, 0.15) is 0 Å². The Balaban J connectivity index is 2.58. The van der Waals surface area contributed by atoms with Crippen LogP contribution in [-0.2, 0) is 4.79 Å². The van der Waals surface area contributed by atoms with Gasteiger partial charge in [0.25, 0.3) is 5.91 Å². The van der Waals surface area contributed by atoms with Crippen LogP contribution in [0.3, 0.4) is 0 Å². The van der Waals surface area contributed by atoms with Crippen molar-refractivity contribution in [3.05, 3.63) is 24.3 Å². The Morgan fingerprint density at radius 1 is 1.75 bits per heavy atom. The molecule has 1 rings (SSSR count). The second kappa shape index (κ2) is 2.31. The molecule has 0 aliphatic carbocycles. The largest absolute Gasteiger partial charge is 0.349 e. The SMILES string of the molecule is O=C1[C]=CC=CCN1. The summed E-state index contributed by atoms with van der Waals surface area (Å²) >= 11 is 0. The summed E-state index contributed by atoms with van der Waals surface area (Å²) in [6.07, 6.45) is 7.73. The lowest BCUT2D eigenvalue weighted by molar-refractivity contribution is -0.116. The summed E-state index contributed by atoms with van der Waals surface area (Å²) in [5.74, 6) is -0.144. The maximum absolute atomic E-state index is 10.4. The van der Waals surface area contributed by atoms with Gasteiger partial charge < -0.3 is 5.32 Å². The van der Waals surface area contributed by atoms with Crippen molar-refractivity contribution in [2.75, 3.05) is 6.54 Å². The molecule has 1 amide bonds. The van der Waals surface area contributed by atoms with Gasteiger partial charge >= 0.3 is 0 Å². The van der Waals surface area contributed by atoms with E-state index in [1.54, 1.807) is 12.2 Å². The lowest BCUT2D eigenvalue weighted by Crippen LogP contribution is -2.19. The Bertz CT molecular complexity index is 147. The minimum absolute atomic E-state index is 0.144. The highest BCUT2D eigenvalue weighted by atomic mass is 16.1. The Morgan fingerprint density at radius 3 is 3.50 bits per heavy atom. The second-order valence-corrected chi connectivity index (χ2v) is 1.45. The normalized spacial score (nSPS) is 17.8. The molecule has 0 aromatic heterocycles. The molecule has 0 spiro atoms. The molecule has 1 radical (unpaired) electrons. The van der Waals surface area contributed by atoms with Crippen LogP contribution < -0.4 is 5.32 Å². The topological polar surface area (TPSA) is 29.1 Å². The fourth-order valence-corrected chi connectivity index (χ4v) is 0.463. The fraction of sp³-hybridized carbons (Fsp3) is 0.167. The smallest absolute Gasteiger partial charge is 0.252 e. The van der Waals surface area contributed by atoms with Crippen molar-refractivity contribution in [1.82, 2.24) is 5.32 Å². The molecule has 0 saturated heterocycles. The molecule has 2 heteroatoms. The Kier molecular flexibility index (Phi) is 1.47. The third-order valence-electron chi connectivity index (χ3n) is 0.827. The minimum Gasteiger partial charge on any atom is -0.349 e. The van der Waals surface area contributed by atoms with Gasteiger partial charge in [-0.25, -0.2) is 0 Å². The van der Waals surface area contributed by atoms with E-state index < -0.39 is 0 Å². The van der Waals surface area contributed by atoms with Crippen LogP contribution in [0.2, 0.25) is 0 Å². The maximum atomic E-state index is 10.4. The Morgan fingerprint density at radius 2 is 2.62 bits per heavy atom. The summed E-state index contributed by atoms with van der Waals surface area (Å²) in [7, 11) is 0. The fourth-order valence-electron chi connectivity index (χ4n) is 0.463. The number of amides is 1. The zero-order valence-corrected chi connectivity index (χ0v) is 4.35. The van der Waals surface area contributed by atoms with Gasteiger partial charge in [0.2, 0.25) is 0 Å². The van der Waals surface area contributed by atoms with Crippen molar-refractivity contribution in [1.29, 1.82) is 0 Å². The zero-order valence-electron chi connectivity index (χ0n) is 4.35. The van der Waals surface area contributed by atoms with Crippen LogP contribution in [0, 0.1) is 6.08 Å². The van der Waals surface area contributed by atoms with Crippen LogP contribution in [0.5, 0.6) is 0 Å². The number of hydrogen-bond acceptors (Lipinski definition) is 1. The number of allylic oxidation sites excluding steroid dienone is 2. The summed E-state index contributed by atoms with van der Waals surface area (Å²) < 4.78 is 0. The van der Waals surface area contributed by atoms with Crippen LogP contribution in [0.25, 0.3) is 0 Å². The highest BCUT2D eigenvalue weighted by molar-refractivity contribution is 5.84. The third kappa shape index (κ3) is 1.22. The van der Waals surface area contributed by atoms with Crippen molar-refractivity contribution in [2.45, 2.75) is 0 Å². The summed E-state index contributed by atoms with van der Waals surface area (Å²) in [5.41, 5.74) is 0. The Labute approximate surface area is 47.9 Å². The van der Waals surface area contributed by atoms with E-state index in [1.807, 2.05) is 6.08 Å². The van der Waals surface area contributed by atoms with Gasteiger partial charge in [0.05, 0.1) is 6.08 Å². The van der Waals surface area contributed by atoms with Crippen molar-refractivity contribution in [2.24, 2.45) is 0 Å². The van der Waals surface area contributed by atoms with Crippen molar-refractivity contribution in [3.63, 3.8) is 0 Å². The highest BCUT2D eigenvalue weighted by Gasteiger charge is 1.92. The van der Waals surface area contributed by atoms with Crippen LogP contribution in [0.15, 0.2) is 18.2 Å². The molecule has 0 aromatic rings. The average molecular weight is 108 g/mol. The number of nitrogens with one attached hydrogen (secondary N) is 1. The van der Waals surface area contributed by atoms with Crippen molar-refractivity contribution < 1.29 is 4.79 Å². The summed E-state index contributed by atoms with van der Waals surface area (Å²) in [5, 5.41) is 2.58. The van der Waals surface area contributed by atoms with E-state index in [0.717, 1.165) is 0 Å². The first-order valence-electron chi connectivity index (χ1n) is 2.42. The van der Waals surface area contributed by atoms with E-state index >= 15 is 0 Å². The molecule has 0 bridgehead atoms. The van der Waals surface area contributed by atoms with Gasteiger partial charge in [0, 0.05) is 6.54 Å². The predicted octanol–water partition coefficient (Wildman–Crippen LogP) is 0.0318. The van der Waals surface area contributed by atoms with E-state index in [9.17, 15) is 4.79 Å². The molecule has 2 nitrogen and oxygen atoms in total. The van der Waals surface area contributed by atoms with E-state index in [1.165, 1.54) is 0 Å². The summed E-state index contributed by atoms with van der Waals surface area (Å²) in [6, 6.07) is 0. The van der Waals surface area contributed by atoms with Gasteiger partial charge in [-0.2, -0.15) is 0 Å². The zero-order chi connectivity index (χ0) is 5.82. The van der Waals surface area contributed by atoms with Crippen LogP contribution in [0.4, 0.5) is 0 Å². The standard InChI is InChI=1S/C6H6NO/c8-6-4-2-1-3-5-7-6/h1-3H,5H2,(H,7,8). The number of hydrogen-bond donors (Lipinski definition) is 1. The first-order valence-corrected chi connectivity index (χ1v) is 2.42. The molecule has 1 aliphatic rings. The monoisotopic (exact) mass is 108 g/mol. The number of rotatable bonds is 0. The van der Waals surface area contributed by atoms with Gasteiger partial charge in [0.15, 0.2) is 0 Å². The highest BCUT2D eigenvalue weighted by Crippen LogP contribution is 1.80. The third-order valence-corrected chi connectivity index (χ3v) is 0.827. The molecule has 0 unspecified atom stereocenters. The van der Waals surface area contributed by atoms with Gasteiger partial charge in [-0.05, 0) is 6.08 Å². The lowest BCUT2D eigenvalue weighted by Gasteiger charge is -1.89. The molecule has 1 aliphatic heterocycles. The predicted molar refractivity (Wildman–Crippen MR) is 30.0 cm³/mol. The molecule has 8 heavy (non-hydrogen) atoms. The van der Waals surface area contributed by atoms with E-state index in [2.05, 4.69) is 11.4 Å². The first-order chi connectivity index (χ1) is 3.89. The van der Waals surface area contributed by atoms with Crippen LogP contribution in [-0.4, -0.2) is 12.5 Å². The minimum atomic E-state index is -0.144. The molecule has 0 fully saturated rings. The van der Waals surface area contributed by atoms with E-state index in [0.29, 0.717) is 6.54 Å². The number of carbonyl (C=O) groups is 1. The molecular weight excluding hydrogens is 102 g/mol.